The number of rotatable bonds is 8. The third-order valence-electron chi connectivity index (χ3n) is 3.12. The summed E-state index contributed by atoms with van der Waals surface area (Å²) in [6.45, 7) is 3.43. The number of pyridine rings is 1. The van der Waals surface area contributed by atoms with Crippen molar-refractivity contribution in [3.63, 3.8) is 0 Å². The van der Waals surface area contributed by atoms with Gasteiger partial charge in [0.15, 0.2) is 0 Å². The SMILES string of the molecule is Cc1ccc(C(=O)Nc2ccc(NCCOCCO)nc2)cc1. The Balaban J connectivity index is 1.82. The van der Waals surface area contributed by atoms with Crippen LogP contribution in [0.25, 0.3) is 0 Å². The molecule has 0 radical (unpaired) electrons. The first-order valence-corrected chi connectivity index (χ1v) is 7.45. The number of aromatic nitrogens is 1. The third-order valence-corrected chi connectivity index (χ3v) is 3.12. The van der Waals surface area contributed by atoms with Crippen molar-refractivity contribution in [2.75, 3.05) is 37.0 Å². The molecule has 2 rings (SSSR count). The molecule has 0 unspecified atom stereocenters. The number of aryl methyl sites for hydroxylation is 1. The van der Waals surface area contributed by atoms with Gasteiger partial charge in [-0.2, -0.15) is 0 Å². The summed E-state index contributed by atoms with van der Waals surface area (Å²) in [5.41, 5.74) is 2.36. The van der Waals surface area contributed by atoms with Crippen molar-refractivity contribution in [1.82, 2.24) is 4.98 Å². The fourth-order valence-electron chi connectivity index (χ4n) is 1.90. The number of nitrogens with one attached hydrogen (secondary N) is 2. The molecule has 1 aromatic carbocycles. The number of aliphatic hydroxyl groups is 1. The van der Waals surface area contributed by atoms with Gasteiger partial charge in [0.25, 0.3) is 5.91 Å². The third kappa shape index (κ3) is 5.69. The zero-order chi connectivity index (χ0) is 16.5. The number of aliphatic hydroxyl groups excluding tert-OH is 1. The van der Waals surface area contributed by atoms with E-state index in [4.69, 9.17) is 9.84 Å². The highest BCUT2D eigenvalue weighted by atomic mass is 16.5. The van der Waals surface area contributed by atoms with E-state index in [0.29, 0.717) is 36.8 Å². The fraction of sp³-hybridized carbons (Fsp3) is 0.294. The molecule has 3 N–H and O–H groups in total. The summed E-state index contributed by atoms with van der Waals surface area (Å²) < 4.78 is 5.14. The van der Waals surface area contributed by atoms with E-state index >= 15 is 0 Å². The second kappa shape index (κ2) is 8.87. The highest BCUT2D eigenvalue weighted by molar-refractivity contribution is 6.04. The van der Waals surface area contributed by atoms with Crippen molar-refractivity contribution in [3.05, 3.63) is 53.7 Å². The minimum Gasteiger partial charge on any atom is -0.394 e. The van der Waals surface area contributed by atoms with Crippen LogP contribution < -0.4 is 10.6 Å². The summed E-state index contributed by atoms with van der Waals surface area (Å²) in [6.07, 6.45) is 1.60. The van der Waals surface area contributed by atoms with Crippen LogP contribution in [-0.2, 0) is 4.74 Å². The van der Waals surface area contributed by atoms with E-state index in [-0.39, 0.29) is 12.5 Å². The monoisotopic (exact) mass is 315 g/mol. The van der Waals surface area contributed by atoms with Gasteiger partial charge in [-0.05, 0) is 31.2 Å². The van der Waals surface area contributed by atoms with Gasteiger partial charge in [0.2, 0.25) is 0 Å². The Morgan fingerprint density at radius 2 is 1.96 bits per heavy atom. The molecule has 2 aromatic rings. The van der Waals surface area contributed by atoms with E-state index in [1.165, 1.54) is 0 Å². The summed E-state index contributed by atoms with van der Waals surface area (Å²) in [5, 5.41) is 14.5. The Kier molecular flexibility index (Phi) is 6.53. The number of anilines is 2. The van der Waals surface area contributed by atoms with E-state index in [1.807, 2.05) is 19.1 Å². The van der Waals surface area contributed by atoms with Crippen molar-refractivity contribution in [2.45, 2.75) is 6.92 Å². The molecule has 0 aliphatic carbocycles. The maximum absolute atomic E-state index is 12.1. The van der Waals surface area contributed by atoms with E-state index < -0.39 is 0 Å². The average Bonchev–Trinajstić information content (AvgIpc) is 2.57. The van der Waals surface area contributed by atoms with Gasteiger partial charge in [0.05, 0.1) is 31.7 Å². The molecule has 0 saturated heterocycles. The van der Waals surface area contributed by atoms with Crippen LogP contribution in [0, 0.1) is 6.92 Å². The van der Waals surface area contributed by atoms with Crippen LogP contribution in [0.4, 0.5) is 11.5 Å². The Bertz CT molecular complexity index is 612. The zero-order valence-electron chi connectivity index (χ0n) is 13.1. The van der Waals surface area contributed by atoms with Crippen LogP contribution in [0.5, 0.6) is 0 Å². The summed E-state index contributed by atoms with van der Waals surface area (Å²) >= 11 is 0. The number of nitrogens with zero attached hydrogens (tertiary/aromatic N) is 1. The molecule has 0 saturated carbocycles. The van der Waals surface area contributed by atoms with Crippen molar-refractivity contribution < 1.29 is 14.6 Å². The van der Waals surface area contributed by atoms with Crippen LogP contribution in [0.15, 0.2) is 42.6 Å². The van der Waals surface area contributed by atoms with Gasteiger partial charge < -0.3 is 20.5 Å². The molecule has 0 fully saturated rings. The first kappa shape index (κ1) is 16.9. The molecule has 0 bridgehead atoms. The Hall–Kier alpha value is -2.44. The number of benzene rings is 1. The quantitative estimate of drug-likeness (QED) is 0.650. The Morgan fingerprint density at radius 3 is 2.61 bits per heavy atom. The van der Waals surface area contributed by atoms with Gasteiger partial charge >= 0.3 is 0 Å². The summed E-state index contributed by atoms with van der Waals surface area (Å²) in [4.78, 5) is 16.3. The molecule has 0 aliphatic rings. The van der Waals surface area contributed by atoms with E-state index in [1.54, 1.807) is 30.5 Å². The first-order chi connectivity index (χ1) is 11.2. The van der Waals surface area contributed by atoms with Crippen molar-refractivity contribution >= 4 is 17.4 Å². The molecule has 0 aliphatic heterocycles. The lowest BCUT2D eigenvalue weighted by Crippen LogP contribution is -2.13. The predicted molar refractivity (Wildman–Crippen MR) is 89.8 cm³/mol. The van der Waals surface area contributed by atoms with Gasteiger partial charge in [-0.25, -0.2) is 4.98 Å². The molecule has 0 spiro atoms. The lowest BCUT2D eigenvalue weighted by Gasteiger charge is -2.08. The molecule has 1 amide bonds. The van der Waals surface area contributed by atoms with Crippen molar-refractivity contribution in [2.24, 2.45) is 0 Å². The molecule has 122 valence electrons. The average molecular weight is 315 g/mol. The minimum atomic E-state index is -0.162. The lowest BCUT2D eigenvalue weighted by atomic mass is 10.1. The van der Waals surface area contributed by atoms with Crippen LogP contribution >= 0.6 is 0 Å². The van der Waals surface area contributed by atoms with E-state index in [9.17, 15) is 4.79 Å². The summed E-state index contributed by atoms with van der Waals surface area (Å²) in [6, 6.07) is 11.0. The fourth-order valence-corrected chi connectivity index (χ4v) is 1.90. The van der Waals surface area contributed by atoms with Crippen molar-refractivity contribution in [1.29, 1.82) is 0 Å². The number of carbonyl (C=O) groups is 1. The molecule has 6 nitrogen and oxygen atoms in total. The maximum Gasteiger partial charge on any atom is 0.255 e. The molecule has 23 heavy (non-hydrogen) atoms. The normalized spacial score (nSPS) is 10.3. The number of amides is 1. The summed E-state index contributed by atoms with van der Waals surface area (Å²) in [5.74, 6) is 0.538. The minimum absolute atomic E-state index is 0.0215. The zero-order valence-corrected chi connectivity index (χ0v) is 13.1. The standard InChI is InChI=1S/C17H21N3O3/c1-13-2-4-14(5-3-13)17(22)20-15-6-7-16(19-12-15)18-8-10-23-11-9-21/h2-7,12,21H,8-11H2,1H3,(H,18,19)(H,20,22). The first-order valence-electron chi connectivity index (χ1n) is 7.45. The Morgan fingerprint density at radius 1 is 1.17 bits per heavy atom. The Labute approximate surface area is 135 Å². The molecule has 6 heteroatoms. The van der Waals surface area contributed by atoms with Crippen LogP contribution in [0.3, 0.4) is 0 Å². The second-order valence-corrected chi connectivity index (χ2v) is 5.02. The number of hydrogen-bond donors (Lipinski definition) is 3. The summed E-state index contributed by atoms with van der Waals surface area (Å²) in [7, 11) is 0. The predicted octanol–water partition coefficient (Wildman–Crippen LogP) is 2.06. The molecule has 0 atom stereocenters. The van der Waals surface area contributed by atoms with E-state index in [0.717, 1.165) is 5.56 Å². The number of ether oxygens (including phenoxy) is 1. The molecular formula is C17H21N3O3. The maximum atomic E-state index is 12.1. The highest BCUT2D eigenvalue weighted by Gasteiger charge is 2.05. The largest absolute Gasteiger partial charge is 0.394 e. The van der Waals surface area contributed by atoms with Gasteiger partial charge in [-0.15, -0.1) is 0 Å². The van der Waals surface area contributed by atoms with Gasteiger partial charge in [-0.1, -0.05) is 17.7 Å². The molecule has 1 aromatic heterocycles. The number of hydrogen-bond acceptors (Lipinski definition) is 5. The van der Waals surface area contributed by atoms with Gasteiger partial charge in [0, 0.05) is 12.1 Å². The van der Waals surface area contributed by atoms with Gasteiger partial charge in [0.1, 0.15) is 5.82 Å². The smallest absolute Gasteiger partial charge is 0.255 e. The van der Waals surface area contributed by atoms with Crippen LogP contribution in [0.1, 0.15) is 15.9 Å². The van der Waals surface area contributed by atoms with Crippen LogP contribution in [-0.4, -0.2) is 42.4 Å². The lowest BCUT2D eigenvalue weighted by molar-refractivity contribution is 0.0992. The topological polar surface area (TPSA) is 83.5 Å². The highest BCUT2D eigenvalue weighted by Crippen LogP contribution is 2.12. The molecular weight excluding hydrogens is 294 g/mol. The van der Waals surface area contributed by atoms with Crippen molar-refractivity contribution in [3.8, 4) is 0 Å². The number of carbonyl (C=O) groups excluding carboxylic acids is 1. The van der Waals surface area contributed by atoms with E-state index in [2.05, 4.69) is 15.6 Å². The molecule has 1 heterocycles. The van der Waals surface area contributed by atoms with Crippen LogP contribution in [0.2, 0.25) is 0 Å². The van der Waals surface area contributed by atoms with Gasteiger partial charge in [-0.3, -0.25) is 4.79 Å². The second-order valence-electron chi connectivity index (χ2n) is 5.02.